The molecule has 1 aromatic heterocycles. The van der Waals surface area contributed by atoms with Crippen molar-refractivity contribution in [1.29, 1.82) is 0 Å². The molecule has 2 aliphatic carbocycles. The van der Waals surface area contributed by atoms with E-state index >= 15 is 0 Å². The van der Waals surface area contributed by atoms with Crippen molar-refractivity contribution in [3.8, 4) is 39.1 Å². The third kappa shape index (κ3) is 4.85. The average molecular weight is 775 g/mol. The van der Waals surface area contributed by atoms with Crippen LogP contribution in [0.1, 0.15) is 22.3 Å². The lowest BCUT2D eigenvalue weighted by molar-refractivity contribution is 0.795. The van der Waals surface area contributed by atoms with Crippen LogP contribution >= 0.6 is 0 Å². The first-order chi connectivity index (χ1) is 30.3. The molecular formula is C59H38N2. The summed E-state index contributed by atoms with van der Waals surface area (Å²) < 4.78 is 2.39. The number of nitrogens with zero attached hydrogens (tertiary/aromatic N) is 2. The minimum Gasteiger partial charge on any atom is -0.310 e. The van der Waals surface area contributed by atoms with Crippen LogP contribution in [0.4, 0.5) is 17.1 Å². The van der Waals surface area contributed by atoms with Crippen molar-refractivity contribution >= 4 is 49.6 Å². The molecule has 1 spiro atoms. The van der Waals surface area contributed by atoms with E-state index < -0.39 is 5.41 Å². The van der Waals surface area contributed by atoms with E-state index in [2.05, 4.69) is 240 Å². The minimum atomic E-state index is -0.478. The molecule has 0 bridgehead atoms. The van der Waals surface area contributed by atoms with E-state index in [0.717, 1.165) is 22.7 Å². The Bertz CT molecular complexity index is 3530. The molecule has 11 aromatic rings. The maximum Gasteiger partial charge on any atom is 0.0726 e. The standard InChI is InChI=1S/C59H38N2/c1-3-15-39(16-4-1)40-27-29-44(30-28-40)60(45-32-34-58-52(37-45)50-23-11-14-26-57(50)61(58)43-19-5-2-6-20-43)46-31-33-49-47-21-9-12-24-53(47)59(56(49)38-46)54-25-13-10-22-48(54)51-35-41-17-7-8-18-42(41)36-55(51)59/h1-38H. The van der Waals surface area contributed by atoms with Crippen molar-refractivity contribution in [2.24, 2.45) is 0 Å². The lowest BCUT2D eigenvalue weighted by Gasteiger charge is -2.32. The summed E-state index contributed by atoms with van der Waals surface area (Å²) in [4.78, 5) is 2.46. The highest BCUT2D eigenvalue weighted by atomic mass is 15.1. The van der Waals surface area contributed by atoms with Gasteiger partial charge in [-0.25, -0.2) is 0 Å². The van der Waals surface area contributed by atoms with Crippen LogP contribution in [0.25, 0.3) is 71.6 Å². The molecule has 0 N–H and O–H groups in total. The van der Waals surface area contributed by atoms with Crippen molar-refractivity contribution in [3.63, 3.8) is 0 Å². The normalized spacial score (nSPS) is 14.6. The summed E-state index contributed by atoms with van der Waals surface area (Å²) in [6.45, 7) is 0. The monoisotopic (exact) mass is 774 g/mol. The number of aromatic nitrogens is 1. The molecule has 284 valence electrons. The Labute approximate surface area is 354 Å². The third-order valence-electron chi connectivity index (χ3n) is 13.4. The lowest BCUT2D eigenvalue weighted by Crippen LogP contribution is -2.26. The van der Waals surface area contributed by atoms with Gasteiger partial charge in [-0.05, 0) is 139 Å². The van der Waals surface area contributed by atoms with Gasteiger partial charge in [0.05, 0.1) is 16.4 Å². The minimum absolute atomic E-state index is 0.478. The van der Waals surface area contributed by atoms with Crippen LogP contribution in [0.15, 0.2) is 231 Å². The van der Waals surface area contributed by atoms with Gasteiger partial charge in [0.1, 0.15) is 0 Å². The van der Waals surface area contributed by atoms with Gasteiger partial charge in [0.15, 0.2) is 0 Å². The predicted molar refractivity (Wildman–Crippen MR) is 255 cm³/mol. The fraction of sp³-hybridized carbons (Fsp3) is 0.0169. The summed E-state index contributed by atoms with van der Waals surface area (Å²) >= 11 is 0. The molecular weight excluding hydrogens is 737 g/mol. The molecule has 1 atom stereocenters. The highest BCUT2D eigenvalue weighted by molar-refractivity contribution is 6.11. The van der Waals surface area contributed by atoms with Crippen molar-refractivity contribution in [2.75, 3.05) is 4.90 Å². The first-order valence-electron chi connectivity index (χ1n) is 21.2. The number of fused-ring (bicyclic) bond motifs is 14. The van der Waals surface area contributed by atoms with Gasteiger partial charge in [-0.15, -0.1) is 0 Å². The van der Waals surface area contributed by atoms with Crippen LogP contribution in [-0.2, 0) is 5.41 Å². The molecule has 2 nitrogen and oxygen atoms in total. The Balaban J connectivity index is 1.07. The summed E-state index contributed by atoms with van der Waals surface area (Å²) in [7, 11) is 0. The number of hydrogen-bond acceptors (Lipinski definition) is 1. The summed E-state index contributed by atoms with van der Waals surface area (Å²) in [6.07, 6.45) is 0. The van der Waals surface area contributed by atoms with Gasteiger partial charge >= 0.3 is 0 Å². The molecule has 2 heteroatoms. The van der Waals surface area contributed by atoms with E-state index in [4.69, 9.17) is 0 Å². The van der Waals surface area contributed by atoms with Crippen LogP contribution < -0.4 is 4.90 Å². The Morgan fingerprint density at radius 1 is 0.311 bits per heavy atom. The molecule has 0 aliphatic heterocycles. The zero-order chi connectivity index (χ0) is 40.1. The van der Waals surface area contributed by atoms with Gasteiger partial charge in [0, 0.05) is 33.5 Å². The van der Waals surface area contributed by atoms with Crippen molar-refractivity contribution in [1.82, 2.24) is 4.57 Å². The Morgan fingerprint density at radius 2 is 0.836 bits per heavy atom. The van der Waals surface area contributed by atoms with E-state index in [0.29, 0.717) is 0 Å². The van der Waals surface area contributed by atoms with Crippen molar-refractivity contribution < 1.29 is 0 Å². The molecule has 0 saturated heterocycles. The molecule has 10 aromatic carbocycles. The Hall–Kier alpha value is -7.94. The first kappa shape index (κ1) is 34.0. The molecule has 2 aliphatic rings. The maximum atomic E-state index is 2.50. The van der Waals surface area contributed by atoms with Crippen molar-refractivity contribution in [3.05, 3.63) is 253 Å². The molecule has 0 fully saturated rings. The van der Waals surface area contributed by atoms with E-state index in [-0.39, 0.29) is 0 Å². The van der Waals surface area contributed by atoms with Gasteiger partial charge in [-0.1, -0.05) is 158 Å². The van der Waals surface area contributed by atoms with Crippen LogP contribution in [0.3, 0.4) is 0 Å². The van der Waals surface area contributed by atoms with E-state index in [1.165, 1.54) is 88.2 Å². The van der Waals surface area contributed by atoms with Gasteiger partial charge < -0.3 is 9.47 Å². The molecule has 61 heavy (non-hydrogen) atoms. The third-order valence-corrected chi connectivity index (χ3v) is 13.4. The number of benzene rings is 10. The fourth-order valence-electron chi connectivity index (χ4n) is 10.8. The summed E-state index contributed by atoms with van der Waals surface area (Å²) in [5, 5.41) is 4.98. The SMILES string of the molecule is c1ccc(-c2ccc(N(c3ccc4c(c3)C3(c5ccccc5-4)c4ccccc4-c4cc5ccccc5cc43)c3ccc4c(c3)c3ccccc3n4-c3ccccc3)cc2)cc1. The fourth-order valence-corrected chi connectivity index (χ4v) is 10.8. The highest BCUT2D eigenvalue weighted by Gasteiger charge is 2.52. The van der Waals surface area contributed by atoms with Gasteiger partial charge in [-0.2, -0.15) is 0 Å². The number of rotatable bonds is 5. The van der Waals surface area contributed by atoms with Gasteiger partial charge in [0.2, 0.25) is 0 Å². The van der Waals surface area contributed by atoms with Gasteiger partial charge in [0.25, 0.3) is 0 Å². The summed E-state index contributed by atoms with van der Waals surface area (Å²) in [6, 6.07) is 85.4. The molecule has 0 amide bonds. The largest absolute Gasteiger partial charge is 0.310 e. The molecule has 1 heterocycles. The van der Waals surface area contributed by atoms with E-state index in [1.54, 1.807) is 0 Å². The molecule has 0 saturated carbocycles. The summed E-state index contributed by atoms with van der Waals surface area (Å²) in [5.74, 6) is 0. The summed E-state index contributed by atoms with van der Waals surface area (Å²) in [5.41, 5.74) is 19.4. The Kier molecular flexibility index (Phi) is 7.26. The second-order valence-electron chi connectivity index (χ2n) is 16.5. The average Bonchev–Trinajstić information content (AvgIpc) is 3.93. The zero-order valence-electron chi connectivity index (χ0n) is 33.3. The van der Waals surface area contributed by atoms with Crippen molar-refractivity contribution in [2.45, 2.75) is 5.41 Å². The lowest BCUT2D eigenvalue weighted by atomic mass is 9.70. The van der Waals surface area contributed by atoms with Crippen LogP contribution in [0.5, 0.6) is 0 Å². The zero-order valence-corrected chi connectivity index (χ0v) is 33.3. The number of anilines is 3. The van der Waals surface area contributed by atoms with Crippen LogP contribution in [0.2, 0.25) is 0 Å². The number of hydrogen-bond donors (Lipinski definition) is 0. The second-order valence-corrected chi connectivity index (χ2v) is 16.5. The number of para-hydroxylation sites is 2. The predicted octanol–water partition coefficient (Wildman–Crippen LogP) is 15.4. The molecule has 1 unspecified atom stereocenters. The van der Waals surface area contributed by atoms with Gasteiger partial charge in [-0.3, -0.25) is 0 Å². The highest BCUT2D eigenvalue weighted by Crippen LogP contribution is 2.64. The topological polar surface area (TPSA) is 8.17 Å². The van der Waals surface area contributed by atoms with E-state index in [1.807, 2.05) is 0 Å². The smallest absolute Gasteiger partial charge is 0.0726 e. The molecule has 13 rings (SSSR count). The Morgan fingerprint density at radius 3 is 1.61 bits per heavy atom. The molecule has 0 radical (unpaired) electrons. The quantitative estimate of drug-likeness (QED) is 0.169. The maximum absolute atomic E-state index is 2.50. The first-order valence-corrected chi connectivity index (χ1v) is 21.2. The second kappa shape index (κ2) is 13.0. The van der Waals surface area contributed by atoms with E-state index in [9.17, 15) is 0 Å². The van der Waals surface area contributed by atoms with Crippen LogP contribution in [-0.4, -0.2) is 4.57 Å². The van der Waals surface area contributed by atoms with Crippen LogP contribution in [0, 0.1) is 0 Å².